The van der Waals surface area contributed by atoms with Crippen molar-refractivity contribution < 1.29 is 17.7 Å². The first kappa shape index (κ1) is 15.3. The normalized spacial score (nSPS) is 11.1. The Labute approximate surface area is 110 Å². The van der Waals surface area contributed by atoms with Gasteiger partial charge in [-0.3, -0.25) is 0 Å². The minimum absolute atomic E-state index is 0.164. The minimum Gasteiger partial charge on any atom is -0.375 e. The van der Waals surface area contributed by atoms with E-state index in [1.54, 1.807) is 26.4 Å². The van der Waals surface area contributed by atoms with Crippen molar-refractivity contribution in [2.75, 3.05) is 20.8 Å². The largest absolute Gasteiger partial charge is 0.577 e. The number of unbranched alkanes of at least 4 members (excludes halogenated alkanes) is 2. The maximum Gasteiger partial charge on any atom is 0.577 e. The van der Waals surface area contributed by atoms with Gasteiger partial charge in [0.2, 0.25) is 0 Å². The molecule has 0 spiro atoms. The fourth-order valence-corrected chi connectivity index (χ4v) is 2.37. The first-order valence-corrected chi connectivity index (χ1v) is 7.31. The predicted molar refractivity (Wildman–Crippen MR) is 69.7 cm³/mol. The van der Waals surface area contributed by atoms with Gasteiger partial charge in [0.25, 0.3) is 0 Å². The lowest BCUT2D eigenvalue weighted by Crippen LogP contribution is -2.24. The Morgan fingerprint density at radius 1 is 1.11 bits per heavy atom. The van der Waals surface area contributed by atoms with Crippen molar-refractivity contribution in [2.24, 2.45) is 0 Å². The van der Waals surface area contributed by atoms with Crippen LogP contribution in [0.5, 0.6) is 0 Å². The summed E-state index contributed by atoms with van der Waals surface area (Å²) in [5.74, 6) is -0.164. The number of benzene rings is 1. The third-order valence-electron chi connectivity index (χ3n) is 2.55. The lowest BCUT2D eigenvalue weighted by molar-refractivity contribution is 0.133. The Morgan fingerprint density at radius 2 is 1.89 bits per heavy atom. The Hall–Kier alpha value is -0.753. The first-order chi connectivity index (χ1) is 8.76. The van der Waals surface area contributed by atoms with Crippen LogP contribution in [0.15, 0.2) is 24.3 Å². The second-order valence-corrected chi connectivity index (χ2v) is 5.55. The molecular formula is C13H20FO3Si. The number of rotatable bonds is 9. The third-order valence-corrected chi connectivity index (χ3v) is 3.66. The van der Waals surface area contributed by atoms with Gasteiger partial charge in [0.15, 0.2) is 0 Å². The van der Waals surface area contributed by atoms with Crippen molar-refractivity contribution in [3.8, 4) is 0 Å². The smallest absolute Gasteiger partial charge is 0.375 e. The highest BCUT2D eigenvalue weighted by Gasteiger charge is 2.13. The zero-order valence-corrected chi connectivity index (χ0v) is 11.9. The molecule has 0 aromatic heterocycles. The lowest BCUT2D eigenvalue weighted by atomic mass is 10.1. The zero-order valence-electron chi connectivity index (χ0n) is 10.9. The molecule has 0 aliphatic rings. The summed E-state index contributed by atoms with van der Waals surface area (Å²) in [5, 5.41) is 0. The predicted octanol–water partition coefficient (Wildman–Crippen LogP) is 2.83. The molecule has 0 N–H and O–H groups in total. The van der Waals surface area contributed by atoms with Gasteiger partial charge in [-0.25, -0.2) is 4.39 Å². The molecule has 0 heterocycles. The van der Waals surface area contributed by atoms with Gasteiger partial charge in [-0.15, -0.1) is 0 Å². The van der Waals surface area contributed by atoms with E-state index < -0.39 is 9.53 Å². The van der Waals surface area contributed by atoms with Crippen molar-refractivity contribution in [2.45, 2.75) is 25.7 Å². The lowest BCUT2D eigenvalue weighted by Gasteiger charge is -2.09. The Kier molecular flexibility index (Phi) is 7.83. The minimum atomic E-state index is -1.52. The van der Waals surface area contributed by atoms with E-state index in [2.05, 4.69) is 0 Å². The summed E-state index contributed by atoms with van der Waals surface area (Å²) in [7, 11) is 1.65. The Balaban J connectivity index is 2.05. The summed E-state index contributed by atoms with van der Waals surface area (Å²) in [5.41, 5.74) is 1.05. The molecular weight excluding hydrogens is 251 g/mol. The van der Waals surface area contributed by atoms with E-state index in [4.69, 9.17) is 13.3 Å². The fraction of sp³-hybridized carbons (Fsp3) is 0.538. The molecule has 1 aromatic carbocycles. The molecule has 0 saturated carbocycles. The SMILES string of the molecule is CO[Si](OC)OCCCCCc1cccc(F)c1. The topological polar surface area (TPSA) is 27.7 Å². The van der Waals surface area contributed by atoms with Crippen LogP contribution >= 0.6 is 0 Å². The molecule has 0 bridgehead atoms. The van der Waals surface area contributed by atoms with E-state index in [-0.39, 0.29) is 5.82 Å². The summed E-state index contributed by atoms with van der Waals surface area (Å²) in [6.45, 7) is 0.652. The van der Waals surface area contributed by atoms with Crippen molar-refractivity contribution in [1.29, 1.82) is 0 Å². The number of hydrogen-bond acceptors (Lipinski definition) is 3. The van der Waals surface area contributed by atoms with Crippen LogP contribution in [-0.4, -0.2) is 30.4 Å². The summed E-state index contributed by atoms with van der Waals surface area (Å²) < 4.78 is 28.3. The maximum absolute atomic E-state index is 12.9. The van der Waals surface area contributed by atoms with E-state index in [1.165, 1.54) is 6.07 Å². The highest BCUT2D eigenvalue weighted by atomic mass is 28.3. The average Bonchev–Trinajstić information content (AvgIpc) is 2.38. The van der Waals surface area contributed by atoms with Crippen molar-refractivity contribution >= 4 is 9.53 Å². The second kappa shape index (κ2) is 9.21. The molecule has 101 valence electrons. The molecule has 0 atom stereocenters. The standard InChI is InChI=1S/C13H20FO3Si/c1-15-18(16-2)17-10-5-3-4-7-12-8-6-9-13(14)11-12/h6,8-9,11H,3-5,7,10H2,1-2H3. The molecule has 1 rings (SSSR count). The molecule has 18 heavy (non-hydrogen) atoms. The molecule has 0 saturated heterocycles. The van der Waals surface area contributed by atoms with Gasteiger partial charge in [-0.05, 0) is 37.0 Å². The van der Waals surface area contributed by atoms with Gasteiger partial charge in [0.05, 0.1) is 0 Å². The van der Waals surface area contributed by atoms with Crippen LogP contribution < -0.4 is 0 Å². The summed E-state index contributed by atoms with van der Waals surface area (Å²) in [6, 6.07) is 6.76. The number of aryl methyl sites for hydroxylation is 1. The molecule has 0 fully saturated rings. The molecule has 0 unspecified atom stereocenters. The van der Waals surface area contributed by atoms with Gasteiger partial charge >= 0.3 is 9.53 Å². The van der Waals surface area contributed by atoms with Gasteiger partial charge in [-0.1, -0.05) is 18.6 Å². The fourth-order valence-electron chi connectivity index (χ4n) is 1.66. The molecule has 0 aliphatic carbocycles. The first-order valence-electron chi connectivity index (χ1n) is 6.08. The van der Waals surface area contributed by atoms with Crippen molar-refractivity contribution in [3.05, 3.63) is 35.6 Å². The highest BCUT2D eigenvalue weighted by molar-refractivity contribution is 6.36. The van der Waals surface area contributed by atoms with Gasteiger partial charge in [0, 0.05) is 20.8 Å². The molecule has 0 aliphatic heterocycles. The van der Waals surface area contributed by atoms with Gasteiger partial charge in [0.1, 0.15) is 5.82 Å². The van der Waals surface area contributed by atoms with Crippen LogP contribution in [0, 0.1) is 5.82 Å². The molecule has 0 amide bonds. The summed E-state index contributed by atoms with van der Waals surface area (Å²) >= 11 is 0. The average molecular weight is 271 g/mol. The van der Waals surface area contributed by atoms with Crippen molar-refractivity contribution in [3.63, 3.8) is 0 Å². The van der Waals surface area contributed by atoms with E-state index in [1.807, 2.05) is 6.07 Å². The molecule has 5 heteroatoms. The molecule has 1 radical (unpaired) electrons. The highest BCUT2D eigenvalue weighted by Crippen LogP contribution is 2.08. The van der Waals surface area contributed by atoms with Crippen molar-refractivity contribution in [1.82, 2.24) is 0 Å². The Bertz CT molecular complexity index is 332. The Morgan fingerprint density at radius 3 is 2.56 bits per heavy atom. The molecule has 1 aromatic rings. The van der Waals surface area contributed by atoms with Gasteiger partial charge < -0.3 is 13.3 Å². The third kappa shape index (κ3) is 6.25. The van der Waals surface area contributed by atoms with Crippen LogP contribution in [0.3, 0.4) is 0 Å². The van der Waals surface area contributed by atoms with E-state index in [9.17, 15) is 4.39 Å². The summed E-state index contributed by atoms with van der Waals surface area (Å²) in [4.78, 5) is 0. The maximum atomic E-state index is 12.9. The second-order valence-electron chi connectivity index (χ2n) is 3.95. The van der Waals surface area contributed by atoms with E-state index >= 15 is 0 Å². The van der Waals surface area contributed by atoms with Crippen LogP contribution in [-0.2, 0) is 19.7 Å². The zero-order chi connectivity index (χ0) is 13.2. The van der Waals surface area contributed by atoms with Gasteiger partial charge in [-0.2, -0.15) is 0 Å². The van der Waals surface area contributed by atoms with Crippen LogP contribution in [0.1, 0.15) is 24.8 Å². The molecule has 3 nitrogen and oxygen atoms in total. The van der Waals surface area contributed by atoms with E-state index in [0.29, 0.717) is 6.61 Å². The van der Waals surface area contributed by atoms with Crippen LogP contribution in [0.25, 0.3) is 0 Å². The van der Waals surface area contributed by atoms with E-state index in [0.717, 1.165) is 31.2 Å². The quantitative estimate of drug-likeness (QED) is 0.510. The van der Waals surface area contributed by atoms with Crippen LogP contribution in [0.2, 0.25) is 0 Å². The van der Waals surface area contributed by atoms with Crippen LogP contribution in [0.4, 0.5) is 4.39 Å². The summed E-state index contributed by atoms with van der Waals surface area (Å²) in [6.07, 6.45) is 3.97. The monoisotopic (exact) mass is 271 g/mol. The number of halogens is 1. The number of hydrogen-bond donors (Lipinski definition) is 0.